The molecule has 0 saturated heterocycles. The zero-order chi connectivity index (χ0) is 15.4. The van der Waals surface area contributed by atoms with Crippen molar-refractivity contribution in [1.82, 2.24) is 0 Å². The number of aryl methyl sites for hydroxylation is 1. The van der Waals surface area contributed by atoms with Crippen LogP contribution in [-0.2, 0) is 0 Å². The van der Waals surface area contributed by atoms with Crippen LogP contribution < -0.4 is 11.1 Å². The minimum absolute atomic E-state index is 0.00889. The highest BCUT2D eigenvalue weighted by Crippen LogP contribution is 2.21. The van der Waals surface area contributed by atoms with Crippen molar-refractivity contribution in [2.75, 3.05) is 5.32 Å². The number of rotatable bonds is 3. The second kappa shape index (κ2) is 6.28. The third-order valence-electron chi connectivity index (χ3n) is 2.98. The van der Waals surface area contributed by atoms with Gasteiger partial charge in [-0.15, -0.1) is 0 Å². The first-order valence-electron chi connectivity index (χ1n) is 6.17. The number of hydrogen-bond acceptors (Lipinski definition) is 3. The first-order chi connectivity index (χ1) is 10.0. The van der Waals surface area contributed by atoms with Crippen molar-refractivity contribution in [2.24, 2.45) is 10.9 Å². The maximum atomic E-state index is 12.2. The van der Waals surface area contributed by atoms with Crippen LogP contribution in [0.4, 0.5) is 5.69 Å². The van der Waals surface area contributed by atoms with Crippen LogP contribution in [0.3, 0.4) is 0 Å². The lowest BCUT2D eigenvalue weighted by atomic mass is 10.1. The highest BCUT2D eigenvalue weighted by molar-refractivity contribution is 6.35. The standard InChI is InChI=1S/C15H14ClN3O2/c1-9-3-2-4-12(13(9)16)15(20)18-11-7-5-10(6-8-11)14(17)19-21/h2-8,21H,1H3,(H2,17,19)(H,18,20). The molecule has 0 bridgehead atoms. The maximum Gasteiger partial charge on any atom is 0.257 e. The van der Waals surface area contributed by atoms with E-state index in [4.69, 9.17) is 22.5 Å². The molecule has 0 fully saturated rings. The maximum absolute atomic E-state index is 12.2. The Kier molecular flexibility index (Phi) is 4.45. The Labute approximate surface area is 127 Å². The van der Waals surface area contributed by atoms with Crippen molar-refractivity contribution in [1.29, 1.82) is 0 Å². The number of amides is 1. The van der Waals surface area contributed by atoms with Crippen molar-refractivity contribution in [3.05, 3.63) is 64.2 Å². The Morgan fingerprint density at radius 3 is 2.52 bits per heavy atom. The van der Waals surface area contributed by atoms with Gasteiger partial charge < -0.3 is 16.3 Å². The molecule has 21 heavy (non-hydrogen) atoms. The summed E-state index contributed by atoms with van der Waals surface area (Å²) in [6.45, 7) is 1.84. The molecular weight excluding hydrogens is 290 g/mol. The van der Waals surface area contributed by atoms with Crippen LogP contribution in [0.5, 0.6) is 0 Å². The minimum atomic E-state index is -0.291. The van der Waals surface area contributed by atoms with Crippen molar-refractivity contribution in [3.63, 3.8) is 0 Å². The van der Waals surface area contributed by atoms with Crippen LogP contribution in [0.2, 0.25) is 5.02 Å². The molecule has 5 nitrogen and oxygen atoms in total. The number of oxime groups is 1. The molecule has 108 valence electrons. The van der Waals surface area contributed by atoms with Crippen LogP contribution in [0.15, 0.2) is 47.6 Å². The molecule has 2 rings (SSSR count). The number of hydrogen-bond donors (Lipinski definition) is 3. The van der Waals surface area contributed by atoms with Crippen LogP contribution in [0, 0.1) is 6.92 Å². The van der Waals surface area contributed by atoms with Gasteiger partial charge in [0, 0.05) is 11.3 Å². The number of amidine groups is 1. The zero-order valence-electron chi connectivity index (χ0n) is 11.3. The van der Waals surface area contributed by atoms with Gasteiger partial charge in [-0.25, -0.2) is 0 Å². The molecule has 2 aromatic rings. The van der Waals surface area contributed by atoms with Crippen molar-refractivity contribution >= 4 is 29.0 Å². The Bertz CT molecular complexity index is 697. The number of nitrogens with one attached hydrogen (secondary N) is 1. The SMILES string of the molecule is Cc1cccc(C(=O)Nc2ccc(/C(N)=N/O)cc2)c1Cl. The summed E-state index contributed by atoms with van der Waals surface area (Å²) >= 11 is 6.12. The van der Waals surface area contributed by atoms with Crippen LogP contribution in [0.25, 0.3) is 0 Å². The lowest BCUT2D eigenvalue weighted by Crippen LogP contribution is -2.14. The van der Waals surface area contributed by atoms with Crippen LogP contribution >= 0.6 is 11.6 Å². The average Bonchev–Trinajstić information content (AvgIpc) is 2.50. The summed E-state index contributed by atoms with van der Waals surface area (Å²) in [6, 6.07) is 11.9. The molecule has 0 aliphatic rings. The van der Waals surface area contributed by atoms with Gasteiger partial charge in [0.2, 0.25) is 0 Å². The Morgan fingerprint density at radius 2 is 1.90 bits per heavy atom. The summed E-state index contributed by atoms with van der Waals surface area (Å²) < 4.78 is 0. The minimum Gasteiger partial charge on any atom is -0.409 e. The fraction of sp³-hybridized carbons (Fsp3) is 0.0667. The topological polar surface area (TPSA) is 87.7 Å². The predicted molar refractivity (Wildman–Crippen MR) is 83.1 cm³/mol. The van der Waals surface area contributed by atoms with Crippen molar-refractivity contribution in [2.45, 2.75) is 6.92 Å². The number of benzene rings is 2. The summed E-state index contributed by atoms with van der Waals surface area (Å²) in [5.41, 5.74) is 7.87. The molecule has 0 unspecified atom stereocenters. The van der Waals surface area contributed by atoms with E-state index in [0.29, 0.717) is 21.8 Å². The van der Waals surface area contributed by atoms with E-state index in [1.54, 1.807) is 36.4 Å². The summed E-state index contributed by atoms with van der Waals surface area (Å²) in [6.07, 6.45) is 0. The number of halogens is 1. The van der Waals surface area contributed by atoms with E-state index in [0.717, 1.165) is 5.56 Å². The lowest BCUT2D eigenvalue weighted by Gasteiger charge is -2.08. The molecule has 0 spiro atoms. The summed E-state index contributed by atoms with van der Waals surface area (Å²) in [4.78, 5) is 12.2. The lowest BCUT2D eigenvalue weighted by molar-refractivity contribution is 0.102. The first-order valence-corrected chi connectivity index (χ1v) is 6.55. The van der Waals surface area contributed by atoms with E-state index in [2.05, 4.69) is 10.5 Å². The fourth-order valence-corrected chi connectivity index (χ4v) is 2.02. The highest BCUT2D eigenvalue weighted by atomic mass is 35.5. The zero-order valence-corrected chi connectivity index (χ0v) is 12.1. The van der Waals surface area contributed by atoms with Gasteiger partial charge >= 0.3 is 0 Å². The second-order valence-corrected chi connectivity index (χ2v) is 4.83. The molecule has 0 saturated carbocycles. The number of nitrogens with zero attached hydrogens (tertiary/aromatic N) is 1. The van der Waals surface area contributed by atoms with Gasteiger partial charge in [0.1, 0.15) is 0 Å². The molecule has 0 atom stereocenters. The van der Waals surface area contributed by atoms with Gasteiger partial charge in [-0.05, 0) is 42.8 Å². The Balaban J connectivity index is 2.18. The van der Waals surface area contributed by atoms with E-state index < -0.39 is 0 Å². The molecule has 0 heterocycles. The molecule has 0 aliphatic heterocycles. The first kappa shape index (κ1) is 14.9. The Hall–Kier alpha value is -2.53. The summed E-state index contributed by atoms with van der Waals surface area (Å²) in [7, 11) is 0. The number of nitrogens with two attached hydrogens (primary N) is 1. The van der Waals surface area contributed by atoms with Crippen LogP contribution in [0.1, 0.15) is 21.5 Å². The normalized spacial score (nSPS) is 11.2. The summed E-state index contributed by atoms with van der Waals surface area (Å²) in [5.74, 6) is -0.283. The van der Waals surface area contributed by atoms with Crippen molar-refractivity contribution < 1.29 is 10.0 Å². The molecule has 0 aromatic heterocycles. The average molecular weight is 304 g/mol. The van der Waals surface area contributed by atoms with Gasteiger partial charge in [0.25, 0.3) is 5.91 Å². The molecule has 6 heteroatoms. The predicted octanol–water partition coefficient (Wildman–Crippen LogP) is 3.00. The third-order valence-corrected chi connectivity index (χ3v) is 3.48. The molecule has 2 aromatic carbocycles. The van der Waals surface area contributed by atoms with E-state index in [1.165, 1.54) is 0 Å². The van der Waals surface area contributed by atoms with Gasteiger partial charge in [-0.1, -0.05) is 28.9 Å². The van der Waals surface area contributed by atoms with E-state index in [-0.39, 0.29) is 11.7 Å². The largest absolute Gasteiger partial charge is 0.409 e. The van der Waals surface area contributed by atoms with Gasteiger partial charge in [-0.2, -0.15) is 0 Å². The third kappa shape index (κ3) is 3.32. The summed E-state index contributed by atoms with van der Waals surface area (Å²) in [5, 5.41) is 14.7. The smallest absolute Gasteiger partial charge is 0.257 e. The number of carbonyl (C=O) groups is 1. The second-order valence-electron chi connectivity index (χ2n) is 4.45. The fourth-order valence-electron chi connectivity index (χ4n) is 1.80. The number of carbonyl (C=O) groups excluding carboxylic acids is 1. The monoisotopic (exact) mass is 303 g/mol. The quantitative estimate of drug-likeness (QED) is 0.352. The van der Waals surface area contributed by atoms with E-state index >= 15 is 0 Å². The number of anilines is 1. The van der Waals surface area contributed by atoms with E-state index in [9.17, 15) is 4.79 Å². The molecule has 0 radical (unpaired) electrons. The molecule has 0 aliphatic carbocycles. The van der Waals surface area contributed by atoms with E-state index in [1.807, 2.05) is 13.0 Å². The van der Waals surface area contributed by atoms with Gasteiger partial charge in [0.15, 0.2) is 5.84 Å². The molecule has 4 N–H and O–H groups in total. The van der Waals surface area contributed by atoms with Crippen LogP contribution in [-0.4, -0.2) is 17.0 Å². The van der Waals surface area contributed by atoms with Crippen molar-refractivity contribution in [3.8, 4) is 0 Å². The Morgan fingerprint density at radius 1 is 1.24 bits per heavy atom. The van der Waals surface area contributed by atoms with Gasteiger partial charge in [-0.3, -0.25) is 4.79 Å². The van der Waals surface area contributed by atoms with Gasteiger partial charge in [0.05, 0.1) is 10.6 Å². The highest BCUT2D eigenvalue weighted by Gasteiger charge is 2.12. The molecular formula is C15H14ClN3O2. The molecule has 1 amide bonds.